The van der Waals surface area contributed by atoms with Crippen LogP contribution in [0.25, 0.3) is 0 Å². The van der Waals surface area contributed by atoms with Crippen LogP contribution in [-0.4, -0.2) is 17.6 Å². The molecule has 1 heterocycles. The highest BCUT2D eigenvalue weighted by Gasteiger charge is 2.46. The van der Waals surface area contributed by atoms with E-state index in [1.165, 1.54) is 12.1 Å². The van der Waals surface area contributed by atoms with Crippen molar-refractivity contribution in [2.24, 2.45) is 5.92 Å². The second-order valence-corrected chi connectivity index (χ2v) is 5.79. The number of hydrogen-bond acceptors (Lipinski definition) is 3. The van der Waals surface area contributed by atoms with Crippen molar-refractivity contribution in [2.45, 2.75) is 18.4 Å². The standard InChI is InChI=1S/C16H15ClFNO3/c17-12-4-3-9(6-13(12)18)14(8-20)19-16(21)11-7-10(11)15-2-1-5-22-15/h1-6,10-11,14,20H,7-8H2,(H,19,21). The van der Waals surface area contributed by atoms with Crippen molar-refractivity contribution in [3.05, 3.63) is 58.8 Å². The number of hydrogen-bond donors (Lipinski definition) is 2. The maximum atomic E-state index is 13.5. The number of aliphatic hydroxyl groups excluding tert-OH is 1. The summed E-state index contributed by atoms with van der Waals surface area (Å²) in [5.41, 5.74) is 0.480. The predicted octanol–water partition coefficient (Wildman–Crippen LogP) is 3.03. The van der Waals surface area contributed by atoms with Crippen molar-refractivity contribution in [1.82, 2.24) is 5.32 Å². The Hall–Kier alpha value is -1.85. The first-order valence-electron chi connectivity index (χ1n) is 6.99. The minimum Gasteiger partial charge on any atom is -0.469 e. The van der Waals surface area contributed by atoms with Gasteiger partial charge in [-0.2, -0.15) is 0 Å². The van der Waals surface area contributed by atoms with Crippen molar-refractivity contribution in [3.8, 4) is 0 Å². The van der Waals surface area contributed by atoms with E-state index in [4.69, 9.17) is 16.0 Å². The lowest BCUT2D eigenvalue weighted by molar-refractivity contribution is -0.123. The van der Waals surface area contributed by atoms with Gasteiger partial charge in [-0.15, -0.1) is 0 Å². The van der Waals surface area contributed by atoms with Crippen molar-refractivity contribution in [3.63, 3.8) is 0 Å². The lowest BCUT2D eigenvalue weighted by Crippen LogP contribution is -2.32. The molecule has 0 bridgehead atoms. The van der Waals surface area contributed by atoms with Crippen molar-refractivity contribution < 1.29 is 18.7 Å². The zero-order valence-electron chi connectivity index (χ0n) is 11.6. The van der Waals surface area contributed by atoms with Gasteiger partial charge in [0.25, 0.3) is 0 Å². The summed E-state index contributed by atoms with van der Waals surface area (Å²) in [6.45, 7) is -0.315. The summed E-state index contributed by atoms with van der Waals surface area (Å²) in [6, 6.07) is 7.19. The summed E-state index contributed by atoms with van der Waals surface area (Å²) in [5.74, 6) is -0.0468. The monoisotopic (exact) mass is 323 g/mol. The predicted molar refractivity (Wildman–Crippen MR) is 78.9 cm³/mol. The summed E-state index contributed by atoms with van der Waals surface area (Å²) in [5, 5.41) is 12.2. The van der Waals surface area contributed by atoms with Crippen molar-refractivity contribution in [1.29, 1.82) is 0 Å². The molecule has 0 spiro atoms. The Bertz CT molecular complexity index is 674. The van der Waals surface area contributed by atoms with Gasteiger partial charge in [0.05, 0.1) is 23.9 Å². The molecule has 1 fully saturated rings. The average molecular weight is 324 g/mol. The highest BCUT2D eigenvalue weighted by molar-refractivity contribution is 6.30. The highest BCUT2D eigenvalue weighted by Crippen LogP contribution is 2.47. The number of amides is 1. The van der Waals surface area contributed by atoms with Crippen molar-refractivity contribution in [2.75, 3.05) is 6.61 Å². The molecule has 3 rings (SSSR count). The van der Waals surface area contributed by atoms with E-state index in [0.717, 1.165) is 5.76 Å². The molecule has 116 valence electrons. The third kappa shape index (κ3) is 3.00. The Kier molecular flexibility index (Phi) is 4.18. The van der Waals surface area contributed by atoms with Gasteiger partial charge >= 0.3 is 0 Å². The van der Waals surface area contributed by atoms with Crippen LogP contribution in [0, 0.1) is 11.7 Å². The fourth-order valence-electron chi connectivity index (χ4n) is 2.54. The van der Waals surface area contributed by atoms with Crippen LogP contribution >= 0.6 is 11.6 Å². The zero-order chi connectivity index (χ0) is 15.7. The first kappa shape index (κ1) is 15.1. The molecule has 1 amide bonds. The van der Waals surface area contributed by atoms with Crippen LogP contribution in [0.1, 0.15) is 29.7 Å². The van der Waals surface area contributed by atoms with Crippen LogP contribution in [0.2, 0.25) is 5.02 Å². The second kappa shape index (κ2) is 6.10. The number of nitrogens with one attached hydrogen (secondary N) is 1. The van der Waals surface area contributed by atoms with Crippen LogP contribution in [0.15, 0.2) is 41.0 Å². The molecule has 1 aromatic carbocycles. The molecule has 3 atom stereocenters. The Morgan fingerprint density at radius 3 is 2.95 bits per heavy atom. The number of carbonyl (C=O) groups is 1. The first-order valence-corrected chi connectivity index (χ1v) is 7.37. The summed E-state index contributed by atoms with van der Waals surface area (Å²) in [7, 11) is 0. The number of benzene rings is 1. The second-order valence-electron chi connectivity index (χ2n) is 5.38. The fourth-order valence-corrected chi connectivity index (χ4v) is 2.66. The molecule has 0 saturated heterocycles. The Balaban J connectivity index is 1.66. The maximum absolute atomic E-state index is 13.5. The molecule has 2 aromatic rings. The molecule has 3 unspecified atom stereocenters. The molecule has 1 aliphatic carbocycles. The topological polar surface area (TPSA) is 62.5 Å². The molecule has 1 aromatic heterocycles. The van der Waals surface area contributed by atoms with Crippen LogP contribution in [0.4, 0.5) is 4.39 Å². The van der Waals surface area contributed by atoms with Crippen LogP contribution in [0.5, 0.6) is 0 Å². The van der Waals surface area contributed by atoms with Gasteiger partial charge in [-0.3, -0.25) is 4.79 Å². The fraction of sp³-hybridized carbons (Fsp3) is 0.312. The SMILES string of the molecule is O=C(NC(CO)c1ccc(Cl)c(F)c1)C1CC1c1ccco1. The molecule has 1 aliphatic rings. The summed E-state index contributed by atoms with van der Waals surface area (Å²) in [4.78, 5) is 12.2. The largest absolute Gasteiger partial charge is 0.469 e. The summed E-state index contributed by atoms with van der Waals surface area (Å²) < 4.78 is 18.8. The summed E-state index contributed by atoms with van der Waals surface area (Å²) in [6.07, 6.45) is 2.29. The molecular formula is C16H15ClFNO3. The van der Waals surface area contributed by atoms with Gasteiger partial charge in [0, 0.05) is 11.8 Å². The van der Waals surface area contributed by atoms with E-state index in [1.807, 2.05) is 6.07 Å². The van der Waals surface area contributed by atoms with Gasteiger partial charge in [0.2, 0.25) is 5.91 Å². The lowest BCUT2D eigenvalue weighted by Gasteiger charge is -2.17. The molecule has 6 heteroatoms. The Morgan fingerprint density at radius 2 is 2.32 bits per heavy atom. The average Bonchev–Trinajstić information content (AvgIpc) is 3.13. The molecule has 22 heavy (non-hydrogen) atoms. The number of halogens is 2. The van der Waals surface area contributed by atoms with Gasteiger partial charge in [0.1, 0.15) is 11.6 Å². The van der Waals surface area contributed by atoms with Crippen LogP contribution in [0.3, 0.4) is 0 Å². The Morgan fingerprint density at radius 1 is 1.50 bits per heavy atom. The van der Waals surface area contributed by atoms with E-state index in [1.54, 1.807) is 18.4 Å². The van der Waals surface area contributed by atoms with E-state index in [0.29, 0.717) is 12.0 Å². The third-order valence-corrected chi connectivity index (χ3v) is 4.19. The highest BCUT2D eigenvalue weighted by atomic mass is 35.5. The van der Waals surface area contributed by atoms with E-state index < -0.39 is 11.9 Å². The van der Waals surface area contributed by atoms with Gasteiger partial charge in [-0.25, -0.2) is 4.39 Å². The molecule has 4 nitrogen and oxygen atoms in total. The van der Waals surface area contributed by atoms with Gasteiger partial charge in [-0.1, -0.05) is 17.7 Å². The van der Waals surface area contributed by atoms with E-state index >= 15 is 0 Å². The molecular weight excluding hydrogens is 309 g/mol. The molecule has 0 radical (unpaired) electrons. The van der Waals surface area contributed by atoms with Gasteiger partial charge < -0.3 is 14.8 Å². The summed E-state index contributed by atoms with van der Waals surface area (Å²) >= 11 is 5.64. The number of rotatable bonds is 5. The van der Waals surface area contributed by atoms with Crippen molar-refractivity contribution >= 4 is 17.5 Å². The normalized spacial score (nSPS) is 21.4. The molecule has 2 N–H and O–H groups in total. The van der Waals surface area contributed by atoms with E-state index in [-0.39, 0.29) is 29.4 Å². The van der Waals surface area contributed by atoms with Gasteiger partial charge in [-0.05, 0) is 36.2 Å². The lowest BCUT2D eigenvalue weighted by atomic mass is 10.1. The molecule has 1 saturated carbocycles. The number of furan rings is 1. The molecule has 0 aliphatic heterocycles. The third-order valence-electron chi connectivity index (χ3n) is 3.88. The number of carbonyl (C=O) groups excluding carboxylic acids is 1. The smallest absolute Gasteiger partial charge is 0.224 e. The first-order chi connectivity index (χ1) is 10.6. The maximum Gasteiger partial charge on any atom is 0.224 e. The minimum atomic E-state index is -0.655. The van der Waals surface area contributed by atoms with E-state index in [9.17, 15) is 14.3 Å². The quantitative estimate of drug-likeness (QED) is 0.889. The van der Waals surface area contributed by atoms with E-state index in [2.05, 4.69) is 5.32 Å². The van der Waals surface area contributed by atoms with Gasteiger partial charge in [0.15, 0.2) is 0 Å². The Labute approximate surface area is 131 Å². The minimum absolute atomic E-state index is 0.00634. The van der Waals surface area contributed by atoms with Crippen LogP contribution < -0.4 is 5.32 Å². The number of aliphatic hydroxyl groups is 1. The zero-order valence-corrected chi connectivity index (χ0v) is 12.4. The van der Waals surface area contributed by atoms with Crippen LogP contribution in [-0.2, 0) is 4.79 Å².